The molecule has 4 rings (SSSR count). The molecule has 0 aliphatic carbocycles. The lowest BCUT2D eigenvalue weighted by atomic mass is 9.90. The number of halogens is 1. The molecule has 5 heteroatoms. The molecule has 1 amide bonds. The number of nitrogens with zero attached hydrogens (tertiary/aromatic N) is 2. The zero-order chi connectivity index (χ0) is 22.2. The number of aromatic nitrogens is 1. The van der Waals surface area contributed by atoms with Crippen LogP contribution in [-0.2, 0) is 5.41 Å². The minimum Gasteiger partial charge on any atom is -0.338 e. The Bertz CT molecular complexity index is 1100. The molecule has 0 N–H and O–H groups in total. The number of carbonyl (C=O) groups excluding carboxylic acids is 1. The van der Waals surface area contributed by atoms with Gasteiger partial charge in [-0.1, -0.05) is 45.4 Å². The van der Waals surface area contributed by atoms with E-state index in [4.69, 9.17) is 11.6 Å². The number of benzene rings is 1. The highest BCUT2D eigenvalue weighted by atomic mass is 35.5. The zero-order valence-electron chi connectivity index (χ0n) is 18.6. The van der Waals surface area contributed by atoms with E-state index in [1.807, 2.05) is 35.4 Å². The highest BCUT2D eigenvalue weighted by molar-refractivity contribution is 7.14. The Morgan fingerprint density at radius 3 is 2.68 bits per heavy atom. The third-order valence-corrected chi connectivity index (χ3v) is 7.16. The topological polar surface area (TPSA) is 33.2 Å². The maximum absolute atomic E-state index is 12.9. The second-order valence-electron chi connectivity index (χ2n) is 9.57. The van der Waals surface area contributed by atoms with E-state index in [2.05, 4.69) is 50.2 Å². The molecule has 0 spiro atoms. The molecule has 1 aliphatic heterocycles. The molecule has 1 aromatic carbocycles. The van der Waals surface area contributed by atoms with Gasteiger partial charge in [0.15, 0.2) is 0 Å². The Morgan fingerprint density at radius 1 is 1.16 bits per heavy atom. The molecule has 1 aliphatic rings. The molecule has 1 unspecified atom stereocenters. The third kappa shape index (κ3) is 4.86. The normalized spacial score (nSPS) is 17.1. The lowest BCUT2D eigenvalue weighted by molar-refractivity contribution is 0.0683. The Morgan fingerprint density at radius 2 is 1.97 bits per heavy atom. The first-order valence-corrected chi connectivity index (χ1v) is 12.1. The highest BCUT2D eigenvalue weighted by Crippen LogP contribution is 2.37. The summed E-state index contributed by atoms with van der Waals surface area (Å²) in [6, 6.07) is 12.1. The molecule has 0 radical (unpaired) electrons. The second kappa shape index (κ2) is 8.76. The highest BCUT2D eigenvalue weighted by Gasteiger charge is 2.23. The van der Waals surface area contributed by atoms with Gasteiger partial charge in [-0.2, -0.15) is 0 Å². The fourth-order valence-electron chi connectivity index (χ4n) is 4.05. The van der Waals surface area contributed by atoms with Crippen LogP contribution in [0.2, 0.25) is 5.02 Å². The second-order valence-corrected chi connectivity index (χ2v) is 10.9. The summed E-state index contributed by atoms with van der Waals surface area (Å²) in [4.78, 5) is 20.5. The summed E-state index contributed by atoms with van der Waals surface area (Å²) in [5.41, 5.74) is 5.03. The van der Waals surface area contributed by atoms with E-state index in [9.17, 15) is 4.79 Å². The summed E-state index contributed by atoms with van der Waals surface area (Å²) in [7, 11) is 0. The molecule has 3 aromatic rings. The zero-order valence-corrected chi connectivity index (χ0v) is 20.2. The monoisotopic (exact) mass is 452 g/mol. The summed E-state index contributed by atoms with van der Waals surface area (Å²) < 4.78 is 0. The van der Waals surface area contributed by atoms with Crippen molar-refractivity contribution in [3.05, 3.63) is 64.3 Å². The van der Waals surface area contributed by atoms with Gasteiger partial charge in [0.05, 0.1) is 5.02 Å². The van der Waals surface area contributed by atoms with Gasteiger partial charge in [0, 0.05) is 46.4 Å². The van der Waals surface area contributed by atoms with Gasteiger partial charge in [-0.15, -0.1) is 11.3 Å². The number of hydrogen-bond donors (Lipinski definition) is 0. The van der Waals surface area contributed by atoms with E-state index in [1.165, 1.54) is 6.42 Å². The minimum atomic E-state index is 0.00664. The molecular formula is C26H29ClN2OS. The van der Waals surface area contributed by atoms with Crippen LogP contribution in [-0.4, -0.2) is 28.9 Å². The largest absolute Gasteiger partial charge is 0.338 e. The number of thiophene rings is 1. The lowest BCUT2D eigenvalue weighted by Crippen LogP contribution is -2.39. The van der Waals surface area contributed by atoms with E-state index < -0.39 is 0 Å². The predicted molar refractivity (Wildman–Crippen MR) is 131 cm³/mol. The van der Waals surface area contributed by atoms with Crippen molar-refractivity contribution < 1.29 is 4.79 Å². The van der Waals surface area contributed by atoms with Crippen LogP contribution in [0.4, 0.5) is 0 Å². The molecule has 3 heterocycles. The predicted octanol–water partition coefficient (Wildman–Crippen LogP) is 7.30. The van der Waals surface area contributed by atoms with E-state index in [0.29, 0.717) is 16.5 Å². The van der Waals surface area contributed by atoms with Crippen LogP contribution in [0.15, 0.2) is 48.0 Å². The standard InChI is InChI=1S/C26H29ClN2OS/c1-17-6-5-11-29(15-17)25(30)19-7-8-21(22(27)12-19)23-13-20(16-31-23)18-9-10-28-24(14-18)26(2,3)4/h7-10,12-14,16-17H,5-6,11,15H2,1-4H3. The fraction of sp³-hybridized carbons (Fsp3) is 0.385. The molecule has 31 heavy (non-hydrogen) atoms. The van der Waals surface area contributed by atoms with Gasteiger partial charge in [0.1, 0.15) is 0 Å². The molecule has 1 atom stereocenters. The van der Waals surface area contributed by atoms with Gasteiger partial charge in [-0.05, 0) is 65.6 Å². The van der Waals surface area contributed by atoms with Gasteiger partial charge in [-0.3, -0.25) is 9.78 Å². The first-order valence-electron chi connectivity index (χ1n) is 10.9. The molecule has 2 aromatic heterocycles. The number of piperidine rings is 1. The van der Waals surface area contributed by atoms with Crippen molar-refractivity contribution in [2.75, 3.05) is 13.1 Å². The summed E-state index contributed by atoms with van der Waals surface area (Å²) in [5, 5.41) is 2.77. The van der Waals surface area contributed by atoms with Crippen molar-refractivity contribution in [3.8, 4) is 21.6 Å². The average Bonchev–Trinajstić information content (AvgIpc) is 3.22. The van der Waals surface area contributed by atoms with E-state index in [0.717, 1.165) is 46.8 Å². The molecular weight excluding hydrogens is 424 g/mol. The maximum Gasteiger partial charge on any atom is 0.253 e. The van der Waals surface area contributed by atoms with Crippen molar-refractivity contribution in [1.29, 1.82) is 0 Å². The van der Waals surface area contributed by atoms with E-state index in [-0.39, 0.29) is 11.3 Å². The van der Waals surface area contributed by atoms with Crippen molar-refractivity contribution in [2.24, 2.45) is 5.92 Å². The van der Waals surface area contributed by atoms with Gasteiger partial charge in [0.2, 0.25) is 0 Å². The molecule has 0 bridgehead atoms. The summed E-state index contributed by atoms with van der Waals surface area (Å²) in [6.07, 6.45) is 4.14. The Labute approximate surface area is 194 Å². The van der Waals surface area contributed by atoms with Gasteiger partial charge >= 0.3 is 0 Å². The van der Waals surface area contributed by atoms with Crippen LogP contribution in [0, 0.1) is 5.92 Å². The van der Waals surface area contributed by atoms with Crippen LogP contribution in [0.25, 0.3) is 21.6 Å². The van der Waals surface area contributed by atoms with Crippen LogP contribution >= 0.6 is 22.9 Å². The number of carbonyl (C=O) groups is 1. The van der Waals surface area contributed by atoms with Crippen LogP contribution in [0.1, 0.15) is 56.6 Å². The van der Waals surface area contributed by atoms with E-state index >= 15 is 0 Å². The number of amides is 1. The summed E-state index contributed by atoms with van der Waals surface area (Å²) >= 11 is 8.31. The van der Waals surface area contributed by atoms with Crippen LogP contribution in [0.5, 0.6) is 0 Å². The van der Waals surface area contributed by atoms with E-state index in [1.54, 1.807) is 11.3 Å². The molecule has 0 saturated carbocycles. The Balaban J connectivity index is 1.57. The molecule has 1 saturated heterocycles. The first kappa shape index (κ1) is 22.0. The maximum atomic E-state index is 12.9. The van der Waals surface area contributed by atoms with Crippen molar-refractivity contribution in [1.82, 2.24) is 9.88 Å². The van der Waals surface area contributed by atoms with Crippen molar-refractivity contribution in [3.63, 3.8) is 0 Å². The van der Waals surface area contributed by atoms with Crippen LogP contribution in [0.3, 0.4) is 0 Å². The number of rotatable bonds is 3. The minimum absolute atomic E-state index is 0.00664. The van der Waals surface area contributed by atoms with Gasteiger partial charge < -0.3 is 4.90 Å². The molecule has 3 nitrogen and oxygen atoms in total. The van der Waals surface area contributed by atoms with Crippen LogP contribution < -0.4 is 0 Å². The SMILES string of the molecule is CC1CCCN(C(=O)c2ccc(-c3cc(-c4ccnc(C(C)(C)C)c4)cs3)c(Cl)c2)C1. The molecule has 162 valence electrons. The number of hydrogen-bond acceptors (Lipinski definition) is 3. The Kier molecular flexibility index (Phi) is 6.23. The third-order valence-electron chi connectivity index (χ3n) is 5.89. The fourth-order valence-corrected chi connectivity index (χ4v) is 5.35. The van der Waals surface area contributed by atoms with Gasteiger partial charge in [0.25, 0.3) is 5.91 Å². The smallest absolute Gasteiger partial charge is 0.253 e. The summed E-state index contributed by atoms with van der Waals surface area (Å²) in [6.45, 7) is 10.4. The first-order chi connectivity index (χ1) is 14.7. The molecule has 1 fully saturated rings. The average molecular weight is 453 g/mol. The van der Waals surface area contributed by atoms with Crippen molar-refractivity contribution >= 4 is 28.8 Å². The Hall–Kier alpha value is -2.17. The summed E-state index contributed by atoms with van der Waals surface area (Å²) in [5.74, 6) is 0.641. The number of pyridine rings is 1. The van der Waals surface area contributed by atoms with Crippen molar-refractivity contribution in [2.45, 2.75) is 46.0 Å². The lowest BCUT2D eigenvalue weighted by Gasteiger charge is -2.31. The number of likely N-dealkylation sites (tertiary alicyclic amines) is 1. The quantitative estimate of drug-likeness (QED) is 0.417. The van der Waals surface area contributed by atoms with Gasteiger partial charge in [-0.25, -0.2) is 0 Å².